The predicted octanol–water partition coefficient (Wildman–Crippen LogP) is 1.78. The van der Waals surface area contributed by atoms with Crippen LogP contribution in [-0.2, 0) is 12.8 Å². The molecule has 2 rings (SSSR count). The Morgan fingerprint density at radius 1 is 1.47 bits per heavy atom. The van der Waals surface area contributed by atoms with Gasteiger partial charge in [-0.3, -0.25) is 5.32 Å². The highest BCUT2D eigenvalue weighted by molar-refractivity contribution is 9.10. The van der Waals surface area contributed by atoms with Crippen LogP contribution in [0.1, 0.15) is 17.5 Å². The summed E-state index contributed by atoms with van der Waals surface area (Å²) in [6, 6.07) is 8.59. The van der Waals surface area contributed by atoms with Gasteiger partial charge in [0.1, 0.15) is 5.54 Å². The van der Waals surface area contributed by atoms with Gasteiger partial charge in [0.2, 0.25) is 0 Å². The van der Waals surface area contributed by atoms with Crippen LogP contribution in [0.2, 0.25) is 0 Å². The van der Waals surface area contributed by atoms with Crippen LogP contribution in [0.15, 0.2) is 22.7 Å². The molecule has 90 valence electrons. The SMILES string of the molecule is N#CC1(NCCO)CCc2cc(Br)ccc2C1. The maximum absolute atomic E-state index is 9.34. The van der Waals surface area contributed by atoms with E-state index in [9.17, 15) is 5.26 Å². The van der Waals surface area contributed by atoms with Gasteiger partial charge >= 0.3 is 0 Å². The summed E-state index contributed by atoms with van der Waals surface area (Å²) in [5, 5.41) is 21.4. The van der Waals surface area contributed by atoms with Crippen LogP contribution in [0.4, 0.5) is 0 Å². The Bertz CT molecular complexity index is 455. The number of aliphatic hydroxyl groups excluding tert-OH is 1. The van der Waals surface area contributed by atoms with E-state index in [0.717, 1.165) is 17.3 Å². The number of β-amino-alcohol motifs (C(OH)–C–C–N with tert-alkyl or cyclic N) is 1. The summed E-state index contributed by atoms with van der Waals surface area (Å²) >= 11 is 3.46. The van der Waals surface area contributed by atoms with Gasteiger partial charge in [0.05, 0.1) is 12.7 Å². The first-order valence-electron chi connectivity index (χ1n) is 5.73. The molecule has 1 unspecified atom stereocenters. The standard InChI is InChI=1S/C13H15BrN2O/c14-12-2-1-11-8-13(9-15,16-5-6-17)4-3-10(11)7-12/h1-2,7,16-17H,3-6,8H2. The molecular weight excluding hydrogens is 280 g/mol. The third kappa shape index (κ3) is 2.68. The molecule has 0 heterocycles. The van der Waals surface area contributed by atoms with Gasteiger partial charge < -0.3 is 5.11 Å². The van der Waals surface area contributed by atoms with Crippen molar-refractivity contribution in [1.29, 1.82) is 5.26 Å². The number of aryl methyl sites for hydroxylation is 1. The van der Waals surface area contributed by atoms with E-state index >= 15 is 0 Å². The maximum Gasteiger partial charge on any atom is 0.111 e. The Balaban J connectivity index is 2.22. The Morgan fingerprint density at radius 3 is 3.00 bits per heavy atom. The Morgan fingerprint density at radius 2 is 2.29 bits per heavy atom. The van der Waals surface area contributed by atoms with Crippen LogP contribution in [0, 0.1) is 11.3 Å². The molecule has 0 aromatic heterocycles. The summed E-state index contributed by atoms with van der Waals surface area (Å²) in [5.41, 5.74) is 2.03. The van der Waals surface area contributed by atoms with Crippen molar-refractivity contribution in [2.24, 2.45) is 0 Å². The molecule has 3 nitrogen and oxygen atoms in total. The monoisotopic (exact) mass is 294 g/mol. The van der Waals surface area contributed by atoms with Crippen molar-refractivity contribution in [1.82, 2.24) is 5.32 Å². The Kier molecular flexibility index (Phi) is 3.82. The van der Waals surface area contributed by atoms with Gasteiger partial charge in [0, 0.05) is 17.4 Å². The molecule has 1 atom stereocenters. The van der Waals surface area contributed by atoms with Crippen LogP contribution in [0.3, 0.4) is 0 Å². The van der Waals surface area contributed by atoms with Crippen molar-refractivity contribution in [3.05, 3.63) is 33.8 Å². The molecule has 17 heavy (non-hydrogen) atoms. The zero-order valence-electron chi connectivity index (χ0n) is 9.54. The minimum absolute atomic E-state index is 0.0661. The average molecular weight is 295 g/mol. The van der Waals surface area contributed by atoms with Crippen molar-refractivity contribution < 1.29 is 5.11 Å². The van der Waals surface area contributed by atoms with E-state index in [1.54, 1.807) is 0 Å². The van der Waals surface area contributed by atoms with E-state index in [1.165, 1.54) is 11.1 Å². The lowest BCUT2D eigenvalue weighted by molar-refractivity contribution is 0.263. The molecule has 0 saturated carbocycles. The number of fused-ring (bicyclic) bond motifs is 1. The van der Waals surface area contributed by atoms with Crippen molar-refractivity contribution in [2.75, 3.05) is 13.2 Å². The topological polar surface area (TPSA) is 56.0 Å². The van der Waals surface area contributed by atoms with Gasteiger partial charge in [0.25, 0.3) is 0 Å². The first-order chi connectivity index (χ1) is 8.19. The number of hydrogen-bond donors (Lipinski definition) is 2. The second kappa shape index (κ2) is 5.18. The van der Waals surface area contributed by atoms with Crippen LogP contribution in [0.5, 0.6) is 0 Å². The van der Waals surface area contributed by atoms with Crippen molar-refractivity contribution in [2.45, 2.75) is 24.8 Å². The molecule has 0 aliphatic heterocycles. The number of nitrogens with one attached hydrogen (secondary N) is 1. The van der Waals surface area contributed by atoms with Gasteiger partial charge in [-0.15, -0.1) is 0 Å². The lowest BCUT2D eigenvalue weighted by Gasteiger charge is -2.33. The van der Waals surface area contributed by atoms with Crippen molar-refractivity contribution in [3.63, 3.8) is 0 Å². The highest BCUT2D eigenvalue weighted by atomic mass is 79.9. The summed E-state index contributed by atoms with van der Waals surface area (Å²) in [5.74, 6) is 0. The summed E-state index contributed by atoms with van der Waals surface area (Å²) in [4.78, 5) is 0. The molecule has 0 fully saturated rings. The lowest BCUT2D eigenvalue weighted by Crippen LogP contribution is -2.49. The smallest absolute Gasteiger partial charge is 0.111 e. The zero-order valence-corrected chi connectivity index (χ0v) is 11.1. The Labute approximate surface area is 110 Å². The number of hydrogen-bond acceptors (Lipinski definition) is 3. The van der Waals surface area contributed by atoms with Gasteiger partial charge in [-0.2, -0.15) is 5.26 Å². The van der Waals surface area contributed by atoms with E-state index in [1.807, 2.05) is 6.07 Å². The highest BCUT2D eigenvalue weighted by Gasteiger charge is 2.33. The number of nitrogens with zero attached hydrogens (tertiary/aromatic N) is 1. The highest BCUT2D eigenvalue weighted by Crippen LogP contribution is 2.30. The largest absolute Gasteiger partial charge is 0.395 e. The third-order valence-corrected chi connectivity index (χ3v) is 3.76. The molecule has 0 saturated heterocycles. The molecule has 0 radical (unpaired) electrons. The molecule has 0 spiro atoms. The number of benzene rings is 1. The fourth-order valence-electron chi connectivity index (χ4n) is 2.34. The number of aliphatic hydroxyl groups is 1. The normalized spacial score (nSPS) is 22.9. The molecule has 1 aliphatic rings. The summed E-state index contributed by atoms with van der Waals surface area (Å²) in [6.07, 6.45) is 2.42. The molecule has 1 aromatic carbocycles. The van der Waals surface area contributed by atoms with E-state index in [2.05, 4.69) is 39.4 Å². The van der Waals surface area contributed by atoms with Gasteiger partial charge in [0.15, 0.2) is 0 Å². The molecule has 1 aliphatic carbocycles. The number of halogens is 1. The lowest BCUT2D eigenvalue weighted by atomic mass is 9.79. The van der Waals surface area contributed by atoms with Gasteiger partial charge in [-0.05, 0) is 36.1 Å². The number of nitriles is 1. The zero-order chi connectivity index (χ0) is 12.3. The van der Waals surface area contributed by atoms with Crippen LogP contribution in [-0.4, -0.2) is 23.8 Å². The van der Waals surface area contributed by atoms with Crippen LogP contribution < -0.4 is 5.32 Å². The second-order valence-electron chi connectivity index (χ2n) is 4.43. The fourth-order valence-corrected chi connectivity index (χ4v) is 2.75. The summed E-state index contributed by atoms with van der Waals surface area (Å²) < 4.78 is 1.09. The van der Waals surface area contributed by atoms with E-state index in [0.29, 0.717) is 13.0 Å². The van der Waals surface area contributed by atoms with E-state index in [4.69, 9.17) is 5.11 Å². The van der Waals surface area contributed by atoms with Crippen molar-refractivity contribution >= 4 is 15.9 Å². The average Bonchev–Trinajstić information content (AvgIpc) is 2.36. The van der Waals surface area contributed by atoms with Crippen molar-refractivity contribution in [3.8, 4) is 6.07 Å². The first kappa shape index (κ1) is 12.6. The minimum atomic E-state index is -0.510. The molecular formula is C13H15BrN2O. The summed E-state index contributed by atoms with van der Waals surface area (Å²) in [7, 11) is 0. The molecule has 4 heteroatoms. The molecule has 1 aromatic rings. The van der Waals surface area contributed by atoms with Crippen LogP contribution >= 0.6 is 15.9 Å². The Hall–Kier alpha value is -0.890. The van der Waals surface area contributed by atoms with E-state index < -0.39 is 5.54 Å². The quantitative estimate of drug-likeness (QED) is 0.893. The van der Waals surface area contributed by atoms with Gasteiger partial charge in [-0.25, -0.2) is 0 Å². The minimum Gasteiger partial charge on any atom is -0.395 e. The molecule has 2 N–H and O–H groups in total. The predicted molar refractivity (Wildman–Crippen MR) is 69.6 cm³/mol. The fraction of sp³-hybridized carbons (Fsp3) is 0.462. The summed E-state index contributed by atoms with van der Waals surface area (Å²) in [6.45, 7) is 0.538. The van der Waals surface area contributed by atoms with Crippen LogP contribution in [0.25, 0.3) is 0 Å². The maximum atomic E-state index is 9.34. The molecule has 0 bridgehead atoms. The molecule has 0 amide bonds. The third-order valence-electron chi connectivity index (χ3n) is 3.27. The number of rotatable bonds is 3. The van der Waals surface area contributed by atoms with E-state index in [-0.39, 0.29) is 6.61 Å². The first-order valence-corrected chi connectivity index (χ1v) is 6.53. The second-order valence-corrected chi connectivity index (χ2v) is 5.35. The van der Waals surface area contributed by atoms with Gasteiger partial charge in [-0.1, -0.05) is 22.0 Å².